The summed E-state index contributed by atoms with van der Waals surface area (Å²) in [6, 6.07) is 0.114. The third kappa shape index (κ3) is 2.77. The van der Waals surface area contributed by atoms with E-state index in [1.807, 2.05) is 18.7 Å². The van der Waals surface area contributed by atoms with E-state index in [1.54, 1.807) is 17.0 Å². The Morgan fingerprint density at radius 2 is 2.32 bits per heavy atom. The average molecular weight is 263 g/mol. The topological polar surface area (TPSA) is 88.0 Å². The second kappa shape index (κ2) is 5.42. The van der Waals surface area contributed by atoms with Crippen LogP contribution in [-0.4, -0.2) is 28.5 Å². The third-order valence-electron chi connectivity index (χ3n) is 3.57. The first-order chi connectivity index (χ1) is 9.00. The van der Waals surface area contributed by atoms with Gasteiger partial charge in [-0.15, -0.1) is 0 Å². The Bertz CT molecular complexity index is 522. The van der Waals surface area contributed by atoms with Gasteiger partial charge in [0.1, 0.15) is 0 Å². The van der Waals surface area contributed by atoms with Crippen molar-refractivity contribution >= 4 is 11.7 Å². The van der Waals surface area contributed by atoms with Crippen molar-refractivity contribution in [3.8, 4) is 0 Å². The second-order valence-corrected chi connectivity index (χ2v) is 5.30. The van der Waals surface area contributed by atoms with Crippen molar-refractivity contribution in [2.75, 3.05) is 18.0 Å². The molecule has 0 aliphatic carbocycles. The van der Waals surface area contributed by atoms with Gasteiger partial charge in [0.25, 0.3) is 5.56 Å². The van der Waals surface area contributed by atoms with Crippen LogP contribution >= 0.6 is 0 Å². The van der Waals surface area contributed by atoms with Gasteiger partial charge in [-0.05, 0) is 26.7 Å². The Labute approximate surface area is 112 Å². The van der Waals surface area contributed by atoms with Gasteiger partial charge < -0.3 is 15.2 Å². The largest absolute Gasteiger partial charge is 0.387 e. The molecule has 0 spiro atoms. The van der Waals surface area contributed by atoms with Crippen LogP contribution in [0.15, 0.2) is 17.2 Å². The number of nitrogens with two attached hydrogens (primary N) is 1. The van der Waals surface area contributed by atoms with Crippen LogP contribution in [0.1, 0.15) is 32.7 Å². The zero-order chi connectivity index (χ0) is 14.0. The molecule has 0 radical (unpaired) electrons. The van der Waals surface area contributed by atoms with Crippen molar-refractivity contribution in [1.82, 2.24) is 9.55 Å². The van der Waals surface area contributed by atoms with Crippen LogP contribution in [0.25, 0.3) is 0 Å². The SMILES string of the molecule is CC(C)n1ccnc(N2CCCC(C(=N)N)C2)c1=O. The Balaban J connectivity index is 2.29. The normalized spacial score (nSPS) is 19.7. The van der Waals surface area contributed by atoms with Crippen molar-refractivity contribution in [2.45, 2.75) is 32.7 Å². The number of hydrogen-bond acceptors (Lipinski definition) is 4. The molecule has 3 N–H and O–H groups in total. The van der Waals surface area contributed by atoms with Gasteiger partial charge in [0.2, 0.25) is 0 Å². The first kappa shape index (κ1) is 13.6. The van der Waals surface area contributed by atoms with E-state index in [2.05, 4.69) is 4.98 Å². The van der Waals surface area contributed by atoms with Crippen LogP contribution in [0.5, 0.6) is 0 Å². The highest BCUT2D eigenvalue weighted by Gasteiger charge is 2.25. The lowest BCUT2D eigenvalue weighted by molar-refractivity contribution is 0.493. The summed E-state index contributed by atoms with van der Waals surface area (Å²) in [5, 5.41) is 7.55. The zero-order valence-corrected chi connectivity index (χ0v) is 11.5. The molecule has 6 heteroatoms. The molecule has 2 rings (SSSR count). The molecule has 0 bridgehead atoms. The third-order valence-corrected chi connectivity index (χ3v) is 3.57. The molecule has 1 aromatic rings. The fourth-order valence-corrected chi connectivity index (χ4v) is 2.46. The molecule has 0 amide bonds. The zero-order valence-electron chi connectivity index (χ0n) is 11.5. The van der Waals surface area contributed by atoms with Crippen LogP contribution in [0.4, 0.5) is 5.82 Å². The van der Waals surface area contributed by atoms with E-state index < -0.39 is 0 Å². The second-order valence-electron chi connectivity index (χ2n) is 5.30. The highest BCUT2D eigenvalue weighted by atomic mass is 16.1. The van der Waals surface area contributed by atoms with Crippen LogP contribution in [0, 0.1) is 11.3 Å². The number of nitrogens with zero attached hydrogens (tertiary/aromatic N) is 3. The van der Waals surface area contributed by atoms with Crippen molar-refractivity contribution < 1.29 is 0 Å². The van der Waals surface area contributed by atoms with E-state index in [9.17, 15) is 4.79 Å². The monoisotopic (exact) mass is 263 g/mol. The Hall–Kier alpha value is -1.85. The first-order valence-corrected chi connectivity index (χ1v) is 6.66. The first-order valence-electron chi connectivity index (χ1n) is 6.66. The molecule has 1 atom stereocenters. The van der Waals surface area contributed by atoms with Gasteiger partial charge in [-0.1, -0.05) is 0 Å². The van der Waals surface area contributed by atoms with Gasteiger partial charge in [-0.25, -0.2) is 4.98 Å². The van der Waals surface area contributed by atoms with Crippen molar-refractivity contribution in [2.24, 2.45) is 11.7 Å². The number of amidine groups is 1. The average Bonchev–Trinajstić information content (AvgIpc) is 2.38. The predicted octanol–water partition coefficient (Wildman–Crippen LogP) is 0.977. The van der Waals surface area contributed by atoms with E-state index in [0.717, 1.165) is 19.4 Å². The highest BCUT2D eigenvalue weighted by molar-refractivity contribution is 5.80. The van der Waals surface area contributed by atoms with Gasteiger partial charge in [-0.3, -0.25) is 10.2 Å². The number of aromatic nitrogens is 2. The minimum absolute atomic E-state index is 0.0302. The Kier molecular flexibility index (Phi) is 3.87. The van der Waals surface area contributed by atoms with Crippen LogP contribution < -0.4 is 16.2 Å². The predicted molar refractivity (Wildman–Crippen MR) is 75.7 cm³/mol. The summed E-state index contributed by atoms with van der Waals surface area (Å²) in [4.78, 5) is 18.5. The smallest absolute Gasteiger partial charge is 0.293 e. The van der Waals surface area contributed by atoms with Gasteiger partial charge in [0.05, 0.1) is 5.84 Å². The molecule has 6 nitrogen and oxygen atoms in total. The molecule has 1 saturated heterocycles. The minimum Gasteiger partial charge on any atom is -0.387 e. The molecule has 19 heavy (non-hydrogen) atoms. The molecular formula is C13H21N5O. The summed E-state index contributed by atoms with van der Waals surface area (Å²) in [6.45, 7) is 5.35. The number of hydrogen-bond donors (Lipinski definition) is 2. The number of nitrogens with one attached hydrogen (secondary N) is 1. The van der Waals surface area contributed by atoms with Crippen molar-refractivity contribution in [1.29, 1.82) is 5.41 Å². The fourth-order valence-electron chi connectivity index (χ4n) is 2.46. The lowest BCUT2D eigenvalue weighted by Crippen LogP contribution is -2.44. The quantitative estimate of drug-likeness (QED) is 0.628. The Morgan fingerprint density at radius 1 is 1.58 bits per heavy atom. The van der Waals surface area contributed by atoms with Crippen LogP contribution in [-0.2, 0) is 0 Å². The molecular weight excluding hydrogens is 242 g/mol. The highest BCUT2D eigenvalue weighted by Crippen LogP contribution is 2.19. The molecule has 1 aromatic heterocycles. The van der Waals surface area contributed by atoms with Gasteiger partial charge in [-0.2, -0.15) is 0 Å². The molecule has 104 valence electrons. The van der Waals surface area contributed by atoms with Crippen molar-refractivity contribution in [3.63, 3.8) is 0 Å². The van der Waals surface area contributed by atoms with E-state index in [-0.39, 0.29) is 23.4 Å². The number of rotatable bonds is 3. The van der Waals surface area contributed by atoms with Crippen molar-refractivity contribution in [3.05, 3.63) is 22.7 Å². The summed E-state index contributed by atoms with van der Waals surface area (Å²) in [5.74, 6) is 0.703. The van der Waals surface area contributed by atoms with Crippen LogP contribution in [0.3, 0.4) is 0 Å². The minimum atomic E-state index is -0.0679. The molecule has 2 heterocycles. The maximum absolute atomic E-state index is 12.4. The van der Waals surface area contributed by atoms with E-state index in [4.69, 9.17) is 11.1 Å². The summed E-state index contributed by atoms with van der Waals surface area (Å²) >= 11 is 0. The molecule has 0 saturated carbocycles. The van der Waals surface area contributed by atoms with Gasteiger partial charge in [0.15, 0.2) is 5.82 Å². The fraction of sp³-hybridized carbons (Fsp3) is 0.615. The maximum atomic E-state index is 12.4. The standard InChI is InChI=1S/C13H21N5O/c1-9(2)18-7-5-16-12(13(18)19)17-6-3-4-10(8-17)11(14)15/h5,7,9-10H,3-4,6,8H2,1-2H3,(H3,14,15). The summed E-state index contributed by atoms with van der Waals surface area (Å²) in [5.41, 5.74) is 5.51. The maximum Gasteiger partial charge on any atom is 0.293 e. The molecule has 1 unspecified atom stereocenters. The summed E-state index contributed by atoms with van der Waals surface area (Å²) < 4.78 is 1.68. The van der Waals surface area contributed by atoms with E-state index >= 15 is 0 Å². The van der Waals surface area contributed by atoms with Crippen LogP contribution in [0.2, 0.25) is 0 Å². The molecule has 1 aliphatic heterocycles. The molecule has 1 fully saturated rings. The molecule has 0 aromatic carbocycles. The van der Waals surface area contributed by atoms with Gasteiger partial charge in [0, 0.05) is 37.4 Å². The lowest BCUT2D eigenvalue weighted by atomic mass is 9.97. The number of anilines is 1. The lowest BCUT2D eigenvalue weighted by Gasteiger charge is -2.32. The molecule has 1 aliphatic rings. The summed E-state index contributed by atoms with van der Waals surface area (Å²) in [7, 11) is 0. The van der Waals surface area contributed by atoms with E-state index in [0.29, 0.717) is 12.4 Å². The summed E-state index contributed by atoms with van der Waals surface area (Å²) in [6.07, 6.45) is 5.22. The van der Waals surface area contributed by atoms with E-state index in [1.165, 1.54) is 0 Å². The van der Waals surface area contributed by atoms with Gasteiger partial charge >= 0.3 is 0 Å². The Morgan fingerprint density at radius 3 is 2.95 bits per heavy atom. The number of piperidine rings is 1.